The lowest BCUT2D eigenvalue weighted by molar-refractivity contribution is -0.141. The van der Waals surface area contributed by atoms with Crippen molar-refractivity contribution in [2.45, 2.75) is 12.5 Å². The predicted octanol–water partition coefficient (Wildman–Crippen LogP) is 2.43. The van der Waals surface area contributed by atoms with Crippen molar-refractivity contribution in [2.24, 2.45) is 0 Å². The smallest absolute Gasteiger partial charge is 0.304 e. The number of carbonyl (C=O) groups excluding carboxylic acids is 1. The fraction of sp³-hybridized carbons (Fsp3) is 0.400. The Hall–Kier alpha value is 0.0800. The van der Waals surface area contributed by atoms with Crippen molar-refractivity contribution in [3.05, 3.63) is 10.6 Å². The first-order chi connectivity index (χ1) is 4.52. The number of carbonyl (C=O) groups is 1. The second-order valence-electron chi connectivity index (χ2n) is 1.42. The molecule has 0 spiro atoms. The molecule has 0 N–H and O–H groups in total. The van der Waals surface area contributed by atoms with Crippen molar-refractivity contribution in [1.29, 1.82) is 0 Å². The van der Waals surface area contributed by atoms with Gasteiger partial charge in [-0.2, -0.15) is 0 Å². The van der Waals surface area contributed by atoms with Gasteiger partial charge in [0.2, 0.25) is 0 Å². The van der Waals surface area contributed by atoms with Crippen LogP contribution in [0.3, 0.4) is 0 Å². The topological polar surface area (TPSA) is 26.3 Å². The van der Waals surface area contributed by atoms with Crippen LogP contribution in [-0.4, -0.2) is 11.5 Å². The molecule has 0 aliphatic heterocycles. The summed E-state index contributed by atoms with van der Waals surface area (Å²) in [4.78, 5) is 10.2. The normalized spacial score (nSPS) is 12.0. The molecule has 0 radical (unpaired) electrons. The Labute approximate surface area is 73.7 Å². The van der Waals surface area contributed by atoms with Crippen LogP contribution in [0.5, 0.6) is 0 Å². The molecule has 0 aliphatic carbocycles. The molecule has 0 fully saturated rings. The summed E-state index contributed by atoms with van der Waals surface area (Å²) in [5.41, 5.74) is -0.887. The lowest BCUT2D eigenvalue weighted by atomic mass is 10.7. The van der Waals surface area contributed by atoms with Crippen molar-refractivity contribution in [2.75, 3.05) is 0 Å². The predicted molar refractivity (Wildman–Crippen MR) is 41.2 cm³/mol. The van der Waals surface area contributed by atoms with Crippen LogP contribution in [0.4, 0.5) is 0 Å². The number of hydrogen-bond acceptors (Lipinski definition) is 2. The van der Waals surface area contributed by atoms with Gasteiger partial charge < -0.3 is 4.74 Å². The Balaban J connectivity index is 3.75. The van der Waals surface area contributed by atoms with E-state index in [2.05, 4.69) is 4.74 Å². The number of esters is 1. The van der Waals surface area contributed by atoms with Gasteiger partial charge in [-0.3, -0.25) is 4.79 Å². The average Bonchev–Trinajstić information content (AvgIpc) is 1.58. The van der Waals surface area contributed by atoms with Gasteiger partial charge in [-0.15, -0.1) is 0 Å². The monoisotopic (exact) mass is 202 g/mol. The minimum absolute atomic E-state index is 0.0266. The molecule has 0 aliphatic rings. The van der Waals surface area contributed by atoms with E-state index in [9.17, 15) is 4.79 Å². The maximum Gasteiger partial charge on any atom is 0.304 e. The zero-order valence-corrected chi connectivity index (χ0v) is 7.37. The largest absolute Gasteiger partial charge is 0.442 e. The SMILES string of the molecule is CC(=O)OC(Cl)C=C(Cl)Cl. The maximum absolute atomic E-state index is 10.2. The Kier molecular flexibility index (Phi) is 4.87. The first kappa shape index (κ1) is 10.1. The van der Waals surface area contributed by atoms with Crippen molar-refractivity contribution in [3.8, 4) is 0 Å². The van der Waals surface area contributed by atoms with Crippen molar-refractivity contribution >= 4 is 40.8 Å². The molecule has 0 aromatic rings. The van der Waals surface area contributed by atoms with Gasteiger partial charge in [0, 0.05) is 13.0 Å². The van der Waals surface area contributed by atoms with E-state index in [0.717, 1.165) is 0 Å². The van der Waals surface area contributed by atoms with E-state index in [1.807, 2.05) is 0 Å². The summed E-state index contributed by atoms with van der Waals surface area (Å²) in [6.07, 6.45) is 1.20. The fourth-order valence-electron chi connectivity index (χ4n) is 0.292. The van der Waals surface area contributed by atoms with Crippen LogP contribution in [0, 0.1) is 0 Å². The third-order valence-electron chi connectivity index (χ3n) is 0.536. The standard InChI is InChI=1S/C5H5Cl3O2/c1-3(9)10-5(8)2-4(6)7/h2,5H,1H3. The van der Waals surface area contributed by atoms with E-state index in [0.29, 0.717) is 0 Å². The minimum Gasteiger partial charge on any atom is -0.442 e. The first-order valence-electron chi connectivity index (χ1n) is 2.36. The third kappa shape index (κ3) is 6.20. The highest BCUT2D eigenvalue weighted by Crippen LogP contribution is 2.11. The highest BCUT2D eigenvalue weighted by atomic mass is 35.5. The Morgan fingerprint density at radius 1 is 1.60 bits per heavy atom. The zero-order chi connectivity index (χ0) is 8.15. The van der Waals surface area contributed by atoms with Gasteiger partial charge in [-0.25, -0.2) is 0 Å². The van der Waals surface area contributed by atoms with E-state index in [-0.39, 0.29) is 4.49 Å². The molecular formula is C5H5Cl3O2. The highest BCUT2D eigenvalue weighted by Gasteiger charge is 2.03. The Bertz CT molecular complexity index is 151. The van der Waals surface area contributed by atoms with E-state index in [1.165, 1.54) is 13.0 Å². The Morgan fingerprint density at radius 3 is 2.40 bits per heavy atom. The number of hydrogen-bond donors (Lipinski definition) is 0. The van der Waals surface area contributed by atoms with Crippen LogP contribution in [0.25, 0.3) is 0 Å². The van der Waals surface area contributed by atoms with Crippen molar-refractivity contribution < 1.29 is 9.53 Å². The molecule has 0 aromatic carbocycles. The molecule has 0 saturated carbocycles. The molecule has 1 unspecified atom stereocenters. The van der Waals surface area contributed by atoms with E-state index in [1.54, 1.807) is 0 Å². The van der Waals surface area contributed by atoms with E-state index >= 15 is 0 Å². The van der Waals surface area contributed by atoms with Crippen LogP contribution in [0.1, 0.15) is 6.92 Å². The first-order valence-corrected chi connectivity index (χ1v) is 3.55. The van der Waals surface area contributed by atoms with Gasteiger partial charge in [0.1, 0.15) is 4.49 Å². The molecule has 0 aromatic heterocycles. The molecule has 0 saturated heterocycles. The molecule has 2 nitrogen and oxygen atoms in total. The van der Waals surface area contributed by atoms with Crippen molar-refractivity contribution in [1.82, 2.24) is 0 Å². The number of alkyl halides is 1. The second kappa shape index (κ2) is 4.83. The summed E-state index contributed by atoms with van der Waals surface area (Å²) < 4.78 is 4.42. The van der Waals surface area contributed by atoms with E-state index in [4.69, 9.17) is 34.8 Å². The summed E-state index contributed by atoms with van der Waals surface area (Å²) in [7, 11) is 0. The number of halogens is 3. The molecule has 0 heterocycles. The number of rotatable bonds is 2. The molecule has 0 bridgehead atoms. The molecular weight excluding hydrogens is 198 g/mol. The maximum atomic E-state index is 10.2. The molecule has 10 heavy (non-hydrogen) atoms. The lowest BCUT2D eigenvalue weighted by Crippen LogP contribution is -2.06. The molecule has 1 atom stereocenters. The quantitative estimate of drug-likeness (QED) is 0.509. The summed E-state index contributed by atoms with van der Waals surface area (Å²) in [5, 5.41) is 0. The average molecular weight is 203 g/mol. The molecule has 0 rings (SSSR count). The minimum atomic E-state index is -0.887. The van der Waals surface area contributed by atoms with Crippen molar-refractivity contribution in [3.63, 3.8) is 0 Å². The summed E-state index contributed by atoms with van der Waals surface area (Å²) in [5.74, 6) is -0.481. The fourth-order valence-corrected chi connectivity index (χ4v) is 0.901. The van der Waals surface area contributed by atoms with Crippen LogP contribution in [-0.2, 0) is 9.53 Å². The van der Waals surface area contributed by atoms with Gasteiger partial charge in [0.25, 0.3) is 0 Å². The van der Waals surface area contributed by atoms with Crippen LogP contribution in [0.2, 0.25) is 0 Å². The van der Waals surface area contributed by atoms with Crippen LogP contribution < -0.4 is 0 Å². The van der Waals surface area contributed by atoms with Gasteiger partial charge in [0.05, 0.1) is 0 Å². The van der Waals surface area contributed by atoms with Gasteiger partial charge in [0.15, 0.2) is 5.56 Å². The summed E-state index contributed by atoms with van der Waals surface area (Å²) in [6, 6.07) is 0. The Morgan fingerprint density at radius 2 is 2.10 bits per heavy atom. The zero-order valence-electron chi connectivity index (χ0n) is 5.11. The lowest BCUT2D eigenvalue weighted by Gasteiger charge is -2.02. The van der Waals surface area contributed by atoms with Gasteiger partial charge in [-0.05, 0) is 0 Å². The molecule has 0 amide bonds. The summed E-state index contributed by atoms with van der Waals surface area (Å²) >= 11 is 15.8. The van der Waals surface area contributed by atoms with Crippen LogP contribution in [0.15, 0.2) is 10.6 Å². The highest BCUT2D eigenvalue weighted by molar-refractivity contribution is 6.56. The molecule has 5 heteroatoms. The number of ether oxygens (including phenoxy) is 1. The summed E-state index contributed by atoms with van der Waals surface area (Å²) in [6.45, 7) is 1.24. The molecule has 58 valence electrons. The van der Waals surface area contributed by atoms with E-state index < -0.39 is 11.5 Å². The van der Waals surface area contributed by atoms with Gasteiger partial charge >= 0.3 is 5.97 Å². The second-order valence-corrected chi connectivity index (χ2v) is 2.85. The van der Waals surface area contributed by atoms with Gasteiger partial charge in [-0.1, -0.05) is 34.8 Å². The van der Waals surface area contributed by atoms with Crippen LogP contribution >= 0.6 is 34.8 Å². The third-order valence-corrected chi connectivity index (χ3v) is 1.00.